The molecule has 148 valence electrons. The van der Waals surface area contributed by atoms with Gasteiger partial charge in [-0.25, -0.2) is 0 Å². The summed E-state index contributed by atoms with van der Waals surface area (Å²) >= 11 is 6.47. The maximum atomic E-state index is 12.8. The van der Waals surface area contributed by atoms with Gasteiger partial charge < -0.3 is 4.42 Å². The first kappa shape index (κ1) is 19.7. The third-order valence-electron chi connectivity index (χ3n) is 4.27. The Labute approximate surface area is 179 Å². The Bertz CT molecular complexity index is 1200. The minimum Gasteiger partial charge on any atom is -0.457 e. The number of nitroso groups, excluding NO2 is 1. The van der Waals surface area contributed by atoms with Crippen molar-refractivity contribution in [2.75, 3.05) is 4.90 Å². The van der Waals surface area contributed by atoms with Crippen LogP contribution in [-0.4, -0.2) is 15.2 Å². The van der Waals surface area contributed by atoms with Gasteiger partial charge in [-0.3, -0.25) is 19.8 Å². The molecule has 1 aliphatic rings. The topological polar surface area (TPSA) is 106 Å². The fourth-order valence-corrected chi connectivity index (χ4v) is 4.09. The summed E-state index contributed by atoms with van der Waals surface area (Å²) in [6.45, 7) is 0. The second-order valence-corrected chi connectivity index (χ2v) is 7.81. The normalized spacial score (nSPS) is 15.1. The second kappa shape index (κ2) is 8.01. The number of hydrogen-bond donors (Lipinski definition) is 0. The molecular weight excluding hydrogens is 426 g/mol. The van der Waals surface area contributed by atoms with E-state index in [2.05, 4.69) is 5.18 Å². The van der Waals surface area contributed by atoms with Crippen molar-refractivity contribution >= 4 is 57.3 Å². The molecule has 1 saturated heterocycles. The van der Waals surface area contributed by atoms with Gasteiger partial charge in [0, 0.05) is 23.8 Å². The van der Waals surface area contributed by atoms with Crippen LogP contribution in [-0.2, 0) is 4.79 Å². The SMILES string of the molecule is O=Nc1ccc(N2C(=O)/C(=C/c3ccc(-c4ccc([N+](=O)[O-])cc4)o3)SC2=S)cc1. The summed E-state index contributed by atoms with van der Waals surface area (Å²) in [4.78, 5) is 35.4. The van der Waals surface area contributed by atoms with E-state index in [0.717, 1.165) is 11.8 Å². The van der Waals surface area contributed by atoms with Gasteiger partial charge in [0.15, 0.2) is 4.32 Å². The van der Waals surface area contributed by atoms with Crippen molar-refractivity contribution in [1.82, 2.24) is 0 Å². The monoisotopic (exact) mass is 437 g/mol. The summed E-state index contributed by atoms with van der Waals surface area (Å²) < 4.78 is 6.13. The number of nitro groups is 1. The highest BCUT2D eigenvalue weighted by atomic mass is 32.2. The number of carbonyl (C=O) groups excluding carboxylic acids is 1. The second-order valence-electron chi connectivity index (χ2n) is 6.13. The van der Waals surface area contributed by atoms with Crippen molar-refractivity contribution in [3.63, 3.8) is 0 Å². The van der Waals surface area contributed by atoms with E-state index in [-0.39, 0.29) is 17.3 Å². The lowest BCUT2D eigenvalue weighted by Gasteiger charge is -2.14. The van der Waals surface area contributed by atoms with Crippen molar-refractivity contribution < 1.29 is 14.1 Å². The van der Waals surface area contributed by atoms with Crippen molar-refractivity contribution in [3.8, 4) is 11.3 Å². The van der Waals surface area contributed by atoms with E-state index in [4.69, 9.17) is 16.6 Å². The van der Waals surface area contributed by atoms with E-state index >= 15 is 0 Å². The van der Waals surface area contributed by atoms with Gasteiger partial charge in [0.05, 0.1) is 15.5 Å². The van der Waals surface area contributed by atoms with Crippen molar-refractivity contribution in [2.24, 2.45) is 5.18 Å². The zero-order chi connectivity index (χ0) is 21.3. The number of nitrogens with zero attached hydrogens (tertiary/aromatic N) is 3. The van der Waals surface area contributed by atoms with Gasteiger partial charge in [-0.05, 0) is 53.7 Å². The predicted octanol–water partition coefficient (Wildman–Crippen LogP) is 5.66. The summed E-state index contributed by atoms with van der Waals surface area (Å²) in [5.74, 6) is 0.665. The molecule has 0 spiro atoms. The standard InChI is InChI=1S/C20H11N3O5S2/c24-19-18(30-20(29)22(19)14-7-3-13(21-25)4-8-14)11-16-9-10-17(28-16)12-1-5-15(6-2-12)23(26)27/h1-11H/b18-11-. The number of amides is 1. The molecule has 0 bridgehead atoms. The highest BCUT2D eigenvalue weighted by molar-refractivity contribution is 8.27. The van der Waals surface area contributed by atoms with Crippen LogP contribution in [0.25, 0.3) is 17.4 Å². The average Bonchev–Trinajstić information content (AvgIpc) is 3.33. The van der Waals surface area contributed by atoms with E-state index in [0.29, 0.717) is 32.0 Å². The third kappa shape index (κ3) is 3.78. The Morgan fingerprint density at radius 2 is 1.77 bits per heavy atom. The molecule has 1 amide bonds. The van der Waals surface area contributed by atoms with Gasteiger partial charge in [0.2, 0.25) is 0 Å². The van der Waals surface area contributed by atoms with Crippen LogP contribution in [0.2, 0.25) is 0 Å². The molecule has 0 N–H and O–H groups in total. The van der Waals surface area contributed by atoms with Crippen LogP contribution in [0.3, 0.4) is 0 Å². The van der Waals surface area contributed by atoms with Gasteiger partial charge in [-0.15, -0.1) is 4.91 Å². The molecule has 0 atom stereocenters. The molecule has 10 heteroatoms. The van der Waals surface area contributed by atoms with Crippen molar-refractivity contribution in [3.05, 3.63) is 86.4 Å². The Morgan fingerprint density at radius 3 is 2.40 bits per heavy atom. The molecule has 3 aromatic rings. The molecule has 0 aliphatic carbocycles. The van der Waals surface area contributed by atoms with Crippen molar-refractivity contribution in [1.29, 1.82) is 0 Å². The van der Waals surface area contributed by atoms with E-state index in [1.807, 2.05) is 0 Å². The molecule has 0 saturated carbocycles. The number of nitro benzene ring substituents is 1. The highest BCUT2D eigenvalue weighted by Gasteiger charge is 2.33. The molecule has 0 unspecified atom stereocenters. The smallest absolute Gasteiger partial charge is 0.270 e. The molecular formula is C20H11N3O5S2. The quantitative estimate of drug-likeness (QED) is 0.167. The number of furan rings is 1. The average molecular weight is 437 g/mol. The maximum Gasteiger partial charge on any atom is 0.270 e. The number of non-ortho nitro benzene ring substituents is 1. The fourth-order valence-electron chi connectivity index (χ4n) is 2.82. The fraction of sp³-hybridized carbons (Fsp3) is 0. The number of benzene rings is 2. The lowest BCUT2D eigenvalue weighted by Crippen LogP contribution is -2.27. The first-order valence-electron chi connectivity index (χ1n) is 8.52. The summed E-state index contributed by atoms with van der Waals surface area (Å²) in [5.41, 5.74) is 1.47. The molecule has 1 aliphatic heterocycles. The third-order valence-corrected chi connectivity index (χ3v) is 5.57. The summed E-state index contributed by atoms with van der Waals surface area (Å²) in [7, 11) is 0. The van der Waals surface area contributed by atoms with E-state index in [1.54, 1.807) is 42.5 Å². The summed E-state index contributed by atoms with van der Waals surface area (Å²) in [6.07, 6.45) is 1.59. The number of thioether (sulfide) groups is 1. The minimum absolute atomic E-state index is 0.00819. The molecule has 30 heavy (non-hydrogen) atoms. The largest absolute Gasteiger partial charge is 0.457 e. The Morgan fingerprint density at radius 1 is 1.07 bits per heavy atom. The zero-order valence-electron chi connectivity index (χ0n) is 15.1. The number of rotatable bonds is 5. The van der Waals surface area contributed by atoms with Crippen LogP contribution in [0, 0.1) is 15.0 Å². The Kier molecular flexibility index (Phi) is 5.25. The number of anilines is 1. The maximum absolute atomic E-state index is 12.8. The molecule has 1 aromatic heterocycles. The first-order valence-corrected chi connectivity index (χ1v) is 9.75. The first-order chi connectivity index (χ1) is 14.5. The zero-order valence-corrected chi connectivity index (χ0v) is 16.7. The number of carbonyl (C=O) groups is 1. The number of hydrogen-bond acceptors (Lipinski definition) is 8. The van der Waals surface area contributed by atoms with Gasteiger partial charge in [0.1, 0.15) is 17.2 Å². The summed E-state index contributed by atoms with van der Waals surface area (Å²) in [6, 6.07) is 15.6. The van der Waals surface area contributed by atoms with Crippen LogP contribution in [0.1, 0.15) is 5.76 Å². The van der Waals surface area contributed by atoms with Crippen LogP contribution in [0.5, 0.6) is 0 Å². The highest BCUT2D eigenvalue weighted by Crippen LogP contribution is 2.37. The Balaban J connectivity index is 1.56. The van der Waals surface area contributed by atoms with Crippen LogP contribution in [0.4, 0.5) is 17.1 Å². The minimum atomic E-state index is -0.470. The molecule has 2 heterocycles. The Hall–Kier alpha value is -3.63. The van der Waals surface area contributed by atoms with Crippen LogP contribution >= 0.6 is 24.0 Å². The van der Waals surface area contributed by atoms with E-state index < -0.39 is 4.92 Å². The van der Waals surface area contributed by atoms with Gasteiger partial charge in [-0.2, -0.15) is 0 Å². The number of thiocarbonyl (C=S) groups is 1. The van der Waals surface area contributed by atoms with Gasteiger partial charge in [-0.1, -0.05) is 24.0 Å². The molecule has 0 radical (unpaired) electrons. The summed E-state index contributed by atoms with van der Waals surface area (Å²) in [5, 5.41) is 13.6. The van der Waals surface area contributed by atoms with E-state index in [1.165, 1.54) is 29.2 Å². The van der Waals surface area contributed by atoms with Gasteiger partial charge in [0.25, 0.3) is 11.6 Å². The molecule has 2 aromatic carbocycles. The van der Waals surface area contributed by atoms with Gasteiger partial charge >= 0.3 is 0 Å². The predicted molar refractivity (Wildman–Crippen MR) is 118 cm³/mol. The van der Waals surface area contributed by atoms with E-state index in [9.17, 15) is 19.8 Å². The molecule has 8 nitrogen and oxygen atoms in total. The molecule has 1 fully saturated rings. The molecule has 4 rings (SSSR count). The van der Waals surface area contributed by atoms with Crippen LogP contribution < -0.4 is 4.90 Å². The lowest BCUT2D eigenvalue weighted by atomic mass is 10.1. The van der Waals surface area contributed by atoms with Crippen molar-refractivity contribution in [2.45, 2.75) is 0 Å². The van der Waals surface area contributed by atoms with Crippen LogP contribution in [0.15, 0.2) is 75.2 Å². The lowest BCUT2D eigenvalue weighted by molar-refractivity contribution is -0.384.